The summed E-state index contributed by atoms with van der Waals surface area (Å²) in [6.45, 7) is 0. The minimum Gasteiger partial charge on any atom is -0.324 e. The van der Waals surface area contributed by atoms with Gasteiger partial charge in [-0.1, -0.05) is 30.2 Å². The highest BCUT2D eigenvalue weighted by Gasteiger charge is 2.29. The van der Waals surface area contributed by atoms with Gasteiger partial charge in [-0.05, 0) is 37.0 Å². The first kappa shape index (κ1) is 13.1. The van der Waals surface area contributed by atoms with Crippen LogP contribution in [0.15, 0.2) is 29.8 Å². The fourth-order valence-corrected chi connectivity index (χ4v) is 2.23. The number of hydrogen-bond donors (Lipinski definition) is 1. The molecule has 1 atom stereocenters. The number of alkyl halides is 3. The summed E-state index contributed by atoms with van der Waals surface area (Å²) < 4.78 is 37.2. The van der Waals surface area contributed by atoms with Gasteiger partial charge in [-0.25, -0.2) is 0 Å². The second-order valence-electron chi connectivity index (χ2n) is 4.69. The SMILES string of the molecule is NC1CCCC/C1=C/c1ccc(C(F)(F)F)cc1. The molecule has 0 spiro atoms. The van der Waals surface area contributed by atoms with Crippen LogP contribution >= 0.6 is 0 Å². The van der Waals surface area contributed by atoms with Crippen molar-refractivity contribution in [1.82, 2.24) is 0 Å². The Morgan fingerprint density at radius 2 is 1.78 bits per heavy atom. The zero-order chi connectivity index (χ0) is 13.2. The van der Waals surface area contributed by atoms with E-state index in [2.05, 4.69) is 0 Å². The first-order valence-electron chi connectivity index (χ1n) is 6.10. The average molecular weight is 255 g/mol. The Morgan fingerprint density at radius 3 is 2.33 bits per heavy atom. The third-order valence-corrected chi connectivity index (χ3v) is 3.30. The number of nitrogens with two attached hydrogens (primary N) is 1. The highest BCUT2D eigenvalue weighted by atomic mass is 19.4. The van der Waals surface area contributed by atoms with Crippen molar-refractivity contribution in [3.63, 3.8) is 0 Å². The second-order valence-corrected chi connectivity index (χ2v) is 4.69. The lowest BCUT2D eigenvalue weighted by molar-refractivity contribution is -0.137. The van der Waals surface area contributed by atoms with Gasteiger partial charge < -0.3 is 5.73 Å². The monoisotopic (exact) mass is 255 g/mol. The lowest BCUT2D eigenvalue weighted by Crippen LogP contribution is -2.25. The van der Waals surface area contributed by atoms with Gasteiger partial charge in [0.2, 0.25) is 0 Å². The van der Waals surface area contributed by atoms with Gasteiger partial charge in [0.15, 0.2) is 0 Å². The Labute approximate surface area is 104 Å². The molecule has 1 unspecified atom stereocenters. The van der Waals surface area contributed by atoms with Crippen LogP contribution in [0, 0.1) is 0 Å². The molecule has 1 aromatic rings. The zero-order valence-electron chi connectivity index (χ0n) is 10.0. The van der Waals surface area contributed by atoms with Crippen molar-refractivity contribution in [2.75, 3.05) is 0 Å². The fraction of sp³-hybridized carbons (Fsp3) is 0.429. The normalized spacial score (nSPS) is 23.3. The molecule has 1 nitrogen and oxygen atoms in total. The minimum atomic E-state index is -4.27. The van der Waals surface area contributed by atoms with E-state index in [0.29, 0.717) is 0 Å². The van der Waals surface area contributed by atoms with Crippen LogP contribution in [0.25, 0.3) is 6.08 Å². The van der Waals surface area contributed by atoms with Crippen molar-refractivity contribution in [3.05, 3.63) is 41.0 Å². The van der Waals surface area contributed by atoms with Gasteiger partial charge in [-0.3, -0.25) is 0 Å². The maximum absolute atomic E-state index is 12.4. The van der Waals surface area contributed by atoms with Crippen LogP contribution in [0.5, 0.6) is 0 Å². The van der Waals surface area contributed by atoms with E-state index in [0.717, 1.165) is 49.0 Å². The third kappa shape index (κ3) is 3.13. The number of hydrogen-bond acceptors (Lipinski definition) is 1. The van der Waals surface area contributed by atoms with E-state index in [1.165, 1.54) is 12.1 Å². The summed E-state index contributed by atoms with van der Waals surface area (Å²) in [4.78, 5) is 0. The van der Waals surface area contributed by atoms with E-state index in [1.54, 1.807) is 0 Å². The van der Waals surface area contributed by atoms with E-state index >= 15 is 0 Å². The average Bonchev–Trinajstić information content (AvgIpc) is 2.32. The molecule has 0 bridgehead atoms. The molecule has 1 saturated carbocycles. The molecule has 0 aromatic heterocycles. The molecule has 0 heterocycles. The summed E-state index contributed by atoms with van der Waals surface area (Å²) in [5.74, 6) is 0. The van der Waals surface area contributed by atoms with Crippen molar-refractivity contribution < 1.29 is 13.2 Å². The molecule has 98 valence electrons. The zero-order valence-corrected chi connectivity index (χ0v) is 10.0. The van der Waals surface area contributed by atoms with E-state index in [9.17, 15) is 13.2 Å². The Hall–Kier alpha value is -1.29. The number of halogens is 3. The quantitative estimate of drug-likeness (QED) is 0.806. The van der Waals surface area contributed by atoms with Crippen molar-refractivity contribution in [2.24, 2.45) is 5.73 Å². The van der Waals surface area contributed by atoms with E-state index in [-0.39, 0.29) is 6.04 Å². The van der Waals surface area contributed by atoms with Crippen molar-refractivity contribution in [2.45, 2.75) is 37.9 Å². The standard InChI is InChI=1S/C14H16F3N/c15-14(16,17)12-7-5-10(6-8-12)9-11-3-1-2-4-13(11)18/h5-9,13H,1-4,18H2/b11-9-. The molecule has 2 rings (SSSR count). The van der Waals surface area contributed by atoms with Crippen molar-refractivity contribution >= 4 is 6.08 Å². The lowest BCUT2D eigenvalue weighted by atomic mass is 9.89. The van der Waals surface area contributed by atoms with Crippen LogP contribution in [-0.4, -0.2) is 6.04 Å². The molecule has 0 amide bonds. The molecule has 0 aliphatic heterocycles. The Morgan fingerprint density at radius 1 is 1.11 bits per heavy atom. The predicted molar refractivity (Wildman–Crippen MR) is 65.9 cm³/mol. The molecule has 1 aromatic carbocycles. The van der Waals surface area contributed by atoms with Crippen LogP contribution in [0.4, 0.5) is 13.2 Å². The molecule has 4 heteroatoms. The van der Waals surface area contributed by atoms with Gasteiger partial charge in [0.05, 0.1) is 5.56 Å². The molecule has 1 aliphatic carbocycles. The largest absolute Gasteiger partial charge is 0.416 e. The van der Waals surface area contributed by atoms with Gasteiger partial charge >= 0.3 is 6.18 Å². The van der Waals surface area contributed by atoms with Gasteiger partial charge in [0.25, 0.3) is 0 Å². The maximum Gasteiger partial charge on any atom is 0.416 e. The molecular weight excluding hydrogens is 239 g/mol. The van der Waals surface area contributed by atoms with Crippen molar-refractivity contribution in [1.29, 1.82) is 0 Å². The Bertz CT molecular complexity index is 431. The van der Waals surface area contributed by atoms with Crippen LogP contribution in [0.3, 0.4) is 0 Å². The summed E-state index contributed by atoms with van der Waals surface area (Å²) in [6, 6.07) is 5.27. The van der Waals surface area contributed by atoms with E-state index in [1.807, 2.05) is 6.08 Å². The molecular formula is C14H16F3N. The van der Waals surface area contributed by atoms with Gasteiger partial charge in [0.1, 0.15) is 0 Å². The Balaban J connectivity index is 2.17. The summed E-state index contributed by atoms with van der Waals surface area (Å²) in [5.41, 5.74) is 7.29. The minimum absolute atomic E-state index is 0.0565. The fourth-order valence-electron chi connectivity index (χ4n) is 2.23. The summed E-state index contributed by atoms with van der Waals surface area (Å²) >= 11 is 0. The first-order chi connectivity index (χ1) is 8.47. The number of benzene rings is 1. The lowest BCUT2D eigenvalue weighted by Gasteiger charge is -2.21. The first-order valence-corrected chi connectivity index (χ1v) is 6.10. The highest BCUT2D eigenvalue weighted by Crippen LogP contribution is 2.30. The second kappa shape index (κ2) is 5.14. The van der Waals surface area contributed by atoms with Gasteiger partial charge in [-0.15, -0.1) is 0 Å². The van der Waals surface area contributed by atoms with Gasteiger partial charge in [-0.2, -0.15) is 13.2 Å². The van der Waals surface area contributed by atoms with Crippen LogP contribution in [-0.2, 0) is 6.18 Å². The van der Waals surface area contributed by atoms with Crippen LogP contribution in [0.1, 0.15) is 36.8 Å². The summed E-state index contributed by atoms with van der Waals surface area (Å²) in [7, 11) is 0. The summed E-state index contributed by atoms with van der Waals surface area (Å²) in [6.07, 6.45) is 1.80. The molecule has 0 radical (unpaired) electrons. The third-order valence-electron chi connectivity index (χ3n) is 3.30. The van der Waals surface area contributed by atoms with E-state index in [4.69, 9.17) is 5.73 Å². The molecule has 18 heavy (non-hydrogen) atoms. The van der Waals surface area contributed by atoms with Crippen molar-refractivity contribution in [3.8, 4) is 0 Å². The topological polar surface area (TPSA) is 26.0 Å². The molecule has 1 aliphatic rings. The highest BCUT2D eigenvalue weighted by molar-refractivity contribution is 5.55. The van der Waals surface area contributed by atoms with Gasteiger partial charge in [0, 0.05) is 6.04 Å². The maximum atomic E-state index is 12.4. The van der Waals surface area contributed by atoms with Crippen LogP contribution < -0.4 is 5.73 Å². The van der Waals surface area contributed by atoms with E-state index < -0.39 is 11.7 Å². The van der Waals surface area contributed by atoms with Crippen LogP contribution in [0.2, 0.25) is 0 Å². The number of rotatable bonds is 1. The predicted octanol–water partition coefficient (Wildman–Crippen LogP) is 3.99. The Kier molecular flexibility index (Phi) is 3.76. The molecule has 1 fully saturated rings. The smallest absolute Gasteiger partial charge is 0.324 e. The summed E-state index contributed by atoms with van der Waals surface area (Å²) in [5, 5.41) is 0. The molecule has 0 saturated heterocycles. The molecule has 2 N–H and O–H groups in total.